The summed E-state index contributed by atoms with van der Waals surface area (Å²) >= 11 is 0. The topological polar surface area (TPSA) is 58.2 Å². The van der Waals surface area contributed by atoms with Gasteiger partial charge in [-0.2, -0.15) is 0 Å². The molecule has 0 fully saturated rings. The van der Waals surface area contributed by atoms with Gasteiger partial charge in [-0.25, -0.2) is 4.39 Å². The van der Waals surface area contributed by atoms with Gasteiger partial charge >= 0.3 is 11.8 Å². The molecule has 0 saturated carbocycles. The Morgan fingerprint density at radius 2 is 1.94 bits per heavy atom. The standard InChI is InChI=1S/C13H17FN2O2/c1-8(2)7-15-12(17)13(18)16-11-6-10(14)5-4-9(11)3/h4-6,8H,7H2,1-3H3,(H,15,17)(H,16,18). The molecule has 18 heavy (non-hydrogen) atoms. The highest BCUT2D eigenvalue weighted by atomic mass is 19.1. The third kappa shape index (κ3) is 4.16. The summed E-state index contributed by atoms with van der Waals surface area (Å²) in [6, 6.07) is 4.02. The second-order valence-electron chi connectivity index (χ2n) is 4.52. The third-order valence-electron chi connectivity index (χ3n) is 2.32. The van der Waals surface area contributed by atoms with E-state index in [1.165, 1.54) is 18.2 Å². The van der Waals surface area contributed by atoms with Gasteiger partial charge in [0.2, 0.25) is 0 Å². The lowest BCUT2D eigenvalue weighted by Crippen LogP contribution is -2.37. The molecule has 2 N–H and O–H groups in total. The highest BCUT2D eigenvalue weighted by Gasteiger charge is 2.14. The maximum Gasteiger partial charge on any atom is 0.313 e. The van der Waals surface area contributed by atoms with Crippen molar-refractivity contribution < 1.29 is 14.0 Å². The Morgan fingerprint density at radius 1 is 1.28 bits per heavy atom. The minimum Gasteiger partial charge on any atom is -0.348 e. The molecule has 1 aromatic rings. The molecule has 1 rings (SSSR count). The Hall–Kier alpha value is -1.91. The van der Waals surface area contributed by atoms with Crippen LogP contribution in [0.25, 0.3) is 0 Å². The minimum absolute atomic E-state index is 0.262. The summed E-state index contributed by atoms with van der Waals surface area (Å²) in [6.45, 7) is 6.00. The molecule has 4 nitrogen and oxygen atoms in total. The first-order chi connectivity index (χ1) is 8.40. The molecule has 0 aliphatic heterocycles. The van der Waals surface area contributed by atoms with Crippen LogP contribution in [0.2, 0.25) is 0 Å². The number of rotatable bonds is 3. The highest BCUT2D eigenvalue weighted by Crippen LogP contribution is 2.15. The van der Waals surface area contributed by atoms with Gasteiger partial charge < -0.3 is 10.6 Å². The quantitative estimate of drug-likeness (QED) is 0.806. The van der Waals surface area contributed by atoms with Crippen molar-refractivity contribution in [3.8, 4) is 0 Å². The van der Waals surface area contributed by atoms with E-state index in [1.807, 2.05) is 13.8 Å². The molecule has 5 heteroatoms. The number of hydrogen-bond donors (Lipinski definition) is 2. The van der Waals surface area contributed by atoms with Gasteiger partial charge in [0.25, 0.3) is 0 Å². The molecule has 98 valence electrons. The van der Waals surface area contributed by atoms with Gasteiger partial charge in [0.15, 0.2) is 0 Å². The number of benzene rings is 1. The van der Waals surface area contributed by atoms with Crippen molar-refractivity contribution in [1.82, 2.24) is 5.32 Å². The predicted molar refractivity (Wildman–Crippen MR) is 67.6 cm³/mol. The van der Waals surface area contributed by atoms with Crippen LogP contribution in [0.15, 0.2) is 18.2 Å². The van der Waals surface area contributed by atoms with E-state index in [2.05, 4.69) is 10.6 Å². The number of carbonyl (C=O) groups is 2. The van der Waals surface area contributed by atoms with Crippen LogP contribution in [0.3, 0.4) is 0 Å². The molecule has 0 spiro atoms. The first kappa shape index (κ1) is 14.2. The second kappa shape index (κ2) is 6.14. The number of carbonyl (C=O) groups excluding carboxylic acids is 2. The SMILES string of the molecule is Cc1ccc(F)cc1NC(=O)C(=O)NCC(C)C. The van der Waals surface area contributed by atoms with Crippen molar-refractivity contribution >= 4 is 17.5 Å². The Labute approximate surface area is 106 Å². The summed E-state index contributed by atoms with van der Waals surface area (Å²) in [5, 5.41) is 4.88. The number of amides is 2. The Kier molecular flexibility index (Phi) is 4.83. The van der Waals surface area contributed by atoms with Crippen LogP contribution in [0.5, 0.6) is 0 Å². The zero-order chi connectivity index (χ0) is 13.7. The molecular weight excluding hydrogens is 235 g/mol. The highest BCUT2D eigenvalue weighted by molar-refractivity contribution is 6.39. The fourth-order valence-corrected chi connectivity index (χ4v) is 1.29. The monoisotopic (exact) mass is 252 g/mol. The molecule has 0 heterocycles. The van der Waals surface area contributed by atoms with Crippen LogP contribution in [-0.4, -0.2) is 18.4 Å². The zero-order valence-electron chi connectivity index (χ0n) is 10.7. The van der Waals surface area contributed by atoms with Gasteiger partial charge in [-0.15, -0.1) is 0 Å². The summed E-state index contributed by atoms with van der Waals surface area (Å²) < 4.78 is 13.0. The van der Waals surface area contributed by atoms with Gasteiger partial charge in [-0.05, 0) is 30.5 Å². The van der Waals surface area contributed by atoms with Crippen LogP contribution >= 0.6 is 0 Å². The molecule has 0 bridgehead atoms. The Bertz CT molecular complexity index is 458. The summed E-state index contributed by atoms with van der Waals surface area (Å²) in [6.07, 6.45) is 0. The van der Waals surface area contributed by atoms with Gasteiger partial charge in [0.1, 0.15) is 5.82 Å². The maximum absolute atomic E-state index is 13.0. The average Bonchev–Trinajstić information content (AvgIpc) is 2.30. The van der Waals surface area contributed by atoms with Crippen LogP contribution in [0.1, 0.15) is 19.4 Å². The smallest absolute Gasteiger partial charge is 0.313 e. The first-order valence-corrected chi connectivity index (χ1v) is 5.75. The van der Waals surface area contributed by atoms with Crippen LogP contribution < -0.4 is 10.6 Å². The number of nitrogens with one attached hydrogen (secondary N) is 2. The van der Waals surface area contributed by atoms with E-state index in [0.29, 0.717) is 17.8 Å². The molecule has 1 aromatic carbocycles. The summed E-state index contributed by atoms with van der Waals surface area (Å²) in [4.78, 5) is 23.0. The zero-order valence-corrected chi connectivity index (χ0v) is 10.7. The largest absolute Gasteiger partial charge is 0.348 e. The van der Waals surface area contributed by atoms with E-state index >= 15 is 0 Å². The average molecular weight is 252 g/mol. The molecule has 0 radical (unpaired) electrons. The number of anilines is 1. The van der Waals surface area contributed by atoms with Crippen molar-refractivity contribution in [3.05, 3.63) is 29.6 Å². The molecule has 0 atom stereocenters. The van der Waals surface area contributed by atoms with Crippen molar-refractivity contribution in [2.45, 2.75) is 20.8 Å². The van der Waals surface area contributed by atoms with Crippen LogP contribution in [-0.2, 0) is 9.59 Å². The number of halogens is 1. The fraction of sp³-hybridized carbons (Fsp3) is 0.385. The summed E-state index contributed by atoms with van der Waals surface area (Å²) in [7, 11) is 0. The number of aryl methyl sites for hydroxylation is 1. The van der Waals surface area contributed by atoms with E-state index in [-0.39, 0.29) is 5.92 Å². The van der Waals surface area contributed by atoms with Crippen LogP contribution in [0, 0.1) is 18.7 Å². The van der Waals surface area contributed by atoms with E-state index in [0.717, 1.165) is 0 Å². The third-order valence-corrected chi connectivity index (χ3v) is 2.32. The molecule has 0 aliphatic carbocycles. The second-order valence-corrected chi connectivity index (χ2v) is 4.52. The van der Waals surface area contributed by atoms with Crippen molar-refractivity contribution in [2.24, 2.45) is 5.92 Å². The summed E-state index contributed by atoms with van der Waals surface area (Å²) in [5.74, 6) is -1.70. The van der Waals surface area contributed by atoms with E-state index in [4.69, 9.17) is 0 Å². The van der Waals surface area contributed by atoms with E-state index in [9.17, 15) is 14.0 Å². The van der Waals surface area contributed by atoms with Crippen LogP contribution in [0.4, 0.5) is 10.1 Å². The maximum atomic E-state index is 13.0. The normalized spacial score (nSPS) is 10.3. The summed E-state index contributed by atoms with van der Waals surface area (Å²) in [5.41, 5.74) is 1.00. The van der Waals surface area contributed by atoms with Gasteiger partial charge in [-0.3, -0.25) is 9.59 Å². The lowest BCUT2D eigenvalue weighted by Gasteiger charge is -2.09. The van der Waals surface area contributed by atoms with E-state index in [1.54, 1.807) is 6.92 Å². The first-order valence-electron chi connectivity index (χ1n) is 5.75. The lowest BCUT2D eigenvalue weighted by atomic mass is 10.2. The Balaban J connectivity index is 2.64. The van der Waals surface area contributed by atoms with Crippen molar-refractivity contribution in [1.29, 1.82) is 0 Å². The molecule has 0 unspecified atom stereocenters. The van der Waals surface area contributed by atoms with Gasteiger partial charge in [0.05, 0.1) is 0 Å². The molecule has 0 saturated heterocycles. The van der Waals surface area contributed by atoms with Crippen molar-refractivity contribution in [3.63, 3.8) is 0 Å². The van der Waals surface area contributed by atoms with E-state index < -0.39 is 17.6 Å². The van der Waals surface area contributed by atoms with Crippen molar-refractivity contribution in [2.75, 3.05) is 11.9 Å². The Morgan fingerprint density at radius 3 is 2.56 bits per heavy atom. The fourth-order valence-electron chi connectivity index (χ4n) is 1.29. The lowest BCUT2D eigenvalue weighted by molar-refractivity contribution is -0.136. The molecular formula is C13H17FN2O2. The minimum atomic E-state index is -0.788. The molecule has 0 aromatic heterocycles. The predicted octanol–water partition coefficient (Wildman–Crippen LogP) is 1.84. The number of hydrogen-bond acceptors (Lipinski definition) is 2. The van der Waals surface area contributed by atoms with Gasteiger partial charge in [0, 0.05) is 12.2 Å². The molecule has 0 aliphatic rings. The van der Waals surface area contributed by atoms with Gasteiger partial charge in [-0.1, -0.05) is 19.9 Å². The molecule has 2 amide bonds.